The van der Waals surface area contributed by atoms with E-state index in [9.17, 15) is 14.7 Å². The fourth-order valence-corrected chi connectivity index (χ4v) is 4.33. The smallest absolute Gasteiger partial charge is 0.310 e. The SMILES string of the molecule is Cc1ccc(O)c(NC(=O)[C@H]2[C@@H]3C[C@@H]4[C@@H]2C(=O)O[C@@H]4C3)c1. The summed E-state index contributed by atoms with van der Waals surface area (Å²) in [5.74, 6) is -0.525. The lowest BCUT2D eigenvalue weighted by molar-refractivity contribution is -0.145. The normalized spacial score (nSPS) is 35.9. The maximum atomic E-state index is 12.6. The van der Waals surface area contributed by atoms with Crippen molar-refractivity contribution in [2.75, 3.05) is 5.32 Å². The summed E-state index contributed by atoms with van der Waals surface area (Å²) in [6, 6.07) is 5.07. The molecule has 1 heterocycles. The summed E-state index contributed by atoms with van der Waals surface area (Å²) in [7, 11) is 0. The molecule has 1 saturated heterocycles. The van der Waals surface area contributed by atoms with Crippen LogP contribution in [-0.4, -0.2) is 23.1 Å². The number of anilines is 1. The number of carbonyl (C=O) groups is 2. The second-order valence-electron chi connectivity index (χ2n) is 6.43. The maximum Gasteiger partial charge on any atom is 0.310 e. The van der Waals surface area contributed by atoms with E-state index in [0.717, 1.165) is 18.4 Å². The van der Waals surface area contributed by atoms with Gasteiger partial charge in [0.2, 0.25) is 5.91 Å². The number of aryl methyl sites for hydroxylation is 1. The highest BCUT2D eigenvalue weighted by Crippen LogP contribution is 2.57. The van der Waals surface area contributed by atoms with Gasteiger partial charge in [0.05, 0.1) is 17.5 Å². The van der Waals surface area contributed by atoms with Gasteiger partial charge >= 0.3 is 5.97 Å². The van der Waals surface area contributed by atoms with Crippen molar-refractivity contribution in [3.63, 3.8) is 0 Å². The van der Waals surface area contributed by atoms with Gasteiger partial charge in [-0.25, -0.2) is 0 Å². The van der Waals surface area contributed by atoms with Gasteiger partial charge in [-0.1, -0.05) is 6.07 Å². The van der Waals surface area contributed by atoms with Crippen LogP contribution in [0.2, 0.25) is 0 Å². The molecule has 0 aromatic heterocycles. The van der Waals surface area contributed by atoms with Crippen LogP contribution in [0.4, 0.5) is 5.69 Å². The highest BCUT2D eigenvalue weighted by molar-refractivity contribution is 5.97. The Labute approximate surface area is 122 Å². The van der Waals surface area contributed by atoms with E-state index >= 15 is 0 Å². The molecular formula is C16H17NO4. The third-order valence-corrected chi connectivity index (χ3v) is 5.20. The number of phenolic OH excluding ortho intramolecular Hbond substituents is 1. The van der Waals surface area contributed by atoms with Crippen molar-refractivity contribution < 1.29 is 19.4 Å². The monoisotopic (exact) mass is 287 g/mol. The molecule has 5 nitrogen and oxygen atoms in total. The minimum absolute atomic E-state index is 0.0314. The Kier molecular flexibility index (Phi) is 2.55. The van der Waals surface area contributed by atoms with E-state index < -0.39 is 0 Å². The van der Waals surface area contributed by atoms with Gasteiger partial charge in [-0.3, -0.25) is 9.59 Å². The zero-order valence-electron chi connectivity index (χ0n) is 11.7. The van der Waals surface area contributed by atoms with E-state index in [1.165, 1.54) is 0 Å². The van der Waals surface area contributed by atoms with E-state index in [-0.39, 0.29) is 47.4 Å². The number of nitrogens with one attached hydrogen (secondary N) is 1. The number of esters is 1. The first-order chi connectivity index (χ1) is 10.0. The van der Waals surface area contributed by atoms with Gasteiger partial charge in [0.1, 0.15) is 11.9 Å². The van der Waals surface area contributed by atoms with E-state index in [4.69, 9.17) is 4.74 Å². The molecule has 5 atom stereocenters. The van der Waals surface area contributed by atoms with Crippen molar-refractivity contribution in [2.24, 2.45) is 23.7 Å². The van der Waals surface area contributed by atoms with Gasteiger partial charge in [-0.05, 0) is 43.4 Å². The largest absolute Gasteiger partial charge is 0.506 e. The molecule has 0 unspecified atom stereocenters. The van der Waals surface area contributed by atoms with E-state index in [1.54, 1.807) is 18.2 Å². The van der Waals surface area contributed by atoms with Gasteiger partial charge in [0.15, 0.2) is 0 Å². The topological polar surface area (TPSA) is 75.6 Å². The molecule has 2 aliphatic carbocycles. The minimum atomic E-state index is -0.318. The average molecular weight is 287 g/mol. The number of phenols is 1. The Hall–Kier alpha value is -2.04. The van der Waals surface area contributed by atoms with Gasteiger partial charge in [0, 0.05) is 5.92 Å². The Morgan fingerprint density at radius 2 is 2.19 bits per heavy atom. The lowest BCUT2D eigenvalue weighted by Crippen LogP contribution is -2.35. The van der Waals surface area contributed by atoms with Crippen LogP contribution in [0.25, 0.3) is 0 Å². The Morgan fingerprint density at radius 1 is 1.38 bits per heavy atom. The molecule has 3 fully saturated rings. The summed E-state index contributed by atoms with van der Waals surface area (Å²) in [5, 5.41) is 12.6. The summed E-state index contributed by atoms with van der Waals surface area (Å²) in [4.78, 5) is 24.5. The van der Waals surface area contributed by atoms with Crippen LogP contribution < -0.4 is 5.32 Å². The molecule has 21 heavy (non-hydrogen) atoms. The summed E-state index contributed by atoms with van der Waals surface area (Å²) < 4.78 is 5.34. The molecule has 2 N–H and O–H groups in total. The predicted octanol–water partition coefficient (Wildman–Crippen LogP) is 1.84. The highest BCUT2D eigenvalue weighted by atomic mass is 16.6. The average Bonchev–Trinajstić information content (AvgIpc) is 3.03. The van der Waals surface area contributed by atoms with Crippen molar-refractivity contribution in [3.8, 4) is 5.75 Å². The van der Waals surface area contributed by atoms with Crippen molar-refractivity contribution >= 4 is 17.6 Å². The molecule has 0 radical (unpaired) electrons. The number of rotatable bonds is 2. The van der Waals surface area contributed by atoms with Crippen LogP contribution in [0.1, 0.15) is 18.4 Å². The molecular weight excluding hydrogens is 270 g/mol. The standard InChI is InChI=1S/C16H17NO4/c1-7-2-3-11(18)10(4-7)17-15(19)13-8-5-9-12(6-8)21-16(20)14(9)13/h2-4,8-9,12-14,18H,5-6H2,1H3,(H,17,19)/t8-,9+,12-,13+,14+/m1/s1. The van der Waals surface area contributed by atoms with Gasteiger partial charge < -0.3 is 15.2 Å². The number of ether oxygens (including phenoxy) is 1. The first-order valence-corrected chi connectivity index (χ1v) is 7.35. The third-order valence-electron chi connectivity index (χ3n) is 5.20. The molecule has 1 aromatic carbocycles. The van der Waals surface area contributed by atoms with E-state index in [0.29, 0.717) is 5.69 Å². The first kappa shape index (κ1) is 12.7. The maximum absolute atomic E-state index is 12.6. The highest BCUT2D eigenvalue weighted by Gasteiger charge is 2.63. The number of hydrogen-bond acceptors (Lipinski definition) is 4. The fourth-order valence-electron chi connectivity index (χ4n) is 4.33. The van der Waals surface area contributed by atoms with Crippen LogP contribution in [0.5, 0.6) is 5.75 Å². The third kappa shape index (κ3) is 1.76. The Morgan fingerprint density at radius 3 is 3.00 bits per heavy atom. The van der Waals surface area contributed by atoms with Crippen molar-refractivity contribution in [3.05, 3.63) is 23.8 Å². The van der Waals surface area contributed by atoms with Gasteiger partial charge in [-0.15, -0.1) is 0 Å². The summed E-state index contributed by atoms with van der Waals surface area (Å²) in [6.07, 6.45) is 1.73. The summed E-state index contributed by atoms with van der Waals surface area (Å²) >= 11 is 0. The van der Waals surface area contributed by atoms with Crippen molar-refractivity contribution in [2.45, 2.75) is 25.9 Å². The van der Waals surface area contributed by atoms with E-state index in [2.05, 4.69) is 5.32 Å². The lowest BCUT2D eigenvalue weighted by Gasteiger charge is -2.23. The number of fused-ring (bicyclic) bond motifs is 1. The molecule has 2 bridgehead atoms. The fraction of sp³-hybridized carbons (Fsp3) is 0.500. The number of hydrogen-bond donors (Lipinski definition) is 2. The molecule has 1 amide bonds. The number of aromatic hydroxyl groups is 1. The van der Waals surface area contributed by atoms with Crippen LogP contribution in [0.15, 0.2) is 18.2 Å². The molecule has 110 valence electrons. The van der Waals surface area contributed by atoms with Crippen molar-refractivity contribution in [1.29, 1.82) is 0 Å². The predicted molar refractivity (Wildman–Crippen MR) is 74.5 cm³/mol. The number of carbonyl (C=O) groups excluding carboxylic acids is 2. The molecule has 1 aliphatic heterocycles. The lowest BCUT2D eigenvalue weighted by atomic mass is 9.79. The zero-order valence-corrected chi connectivity index (χ0v) is 11.7. The van der Waals surface area contributed by atoms with Crippen molar-refractivity contribution in [1.82, 2.24) is 0 Å². The Balaban J connectivity index is 1.58. The first-order valence-electron chi connectivity index (χ1n) is 7.35. The molecule has 1 aromatic rings. The Bertz CT molecular complexity index is 639. The van der Waals surface area contributed by atoms with Crippen LogP contribution >= 0.6 is 0 Å². The summed E-state index contributed by atoms with van der Waals surface area (Å²) in [6.45, 7) is 1.89. The molecule has 4 rings (SSSR count). The minimum Gasteiger partial charge on any atom is -0.506 e. The quantitative estimate of drug-likeness (QED) is 0.643. The van der Waals surface area contributed by atoms with Crippen LogP contribution in [-0.2, 0) is 14.3 Å². The summed E-state index contributed by atoms with van der Waals surface area (Å²) in [5.41, 5.74) is 1.36. The second kappa shape index (κ2) is 4.23. The zero-order chi connectivity index (χ0) is 14.7. The molecule has 5 heteroatoms. The number of benzene rings is 1. The number of amides is 1. The molecule has 2 saturated carbocycles. The van der Waals surface area contributed by atoms with E-state index in [1.807, 2.05) is 6.92 Å². The van der Waals surface area contributed by atoms with Gasteiger partial charge in [-0.2, -0.15) is 0 Å². The van der Waals surface area contributed by atoms with Crippen LogP contribution in [0, 0.1) is 30.6 Å². The molecule has 3 aliphatic rings. The van der Waals surface area contributed by atoms with Crippen LogP contribution in [0.3, 0.4) is 0 Å². The van der Waals surface area contributed by atoms with Gasteiger partial charge in [0.25, 0.3) is 0 Å². The second-order valence-corrected chi connectivity index (χ2v) is 6.43. The molecule has 0 spiro atoms.